The van der Waals surface area contributed by atoms with Gasteiger partial charge < -0.3 is 0 Å². The van der Waals surface area contributed by atoms with Gasteiger partial charge in [0.25, 0.3) is 0 Å². The van der Waals surface area contributed by atoms with Crippen LogP contribution in [0.2, 0.25) is 0 Å². The van der Waals surface area contributed by atoms with E-state index < -0.39 is 19.7 Å². The number of hydrogen-bond acceptors (Lipinski definition) is 5. The lowest BCUT2D eigenvalue weighted by atomic mass is 10.2. The third-order valence-electron chi connectivity index (χ3n) is 3.06. The summed E-state index contributed by atoms with van der Waals surface area (Å²) < 4.78 is 47.3. The number of sulfone groups is 2. The normalized spacial score (nSPS) is 12.3. The maximum Gasteiger partial charge on any atom is 0.176 e. The Labute approximate surface area is 135 Å². The van der Waals surface area contributed by atoms with E-state index in [2.05, 4.69) is 0 Å². The van der Waals surface area contributed by atoms with E-state index in [1.165, 1.54) is 23.9 Å². The van der Waals surface area contributed by atoms with Gasteiger partial charge in [-0.3, -0.25) is 0 Å². The van der Waals surface area contributed by atoms with E-state index in [9.17, 15) is 16.8 Å². The zero-order valence-electron chi connectivity index (χ0n) is 12.4. The summed E-state index contributed by atoms with van der Waals surface area (Å²) in [4.78, 5) is 1.48. The van der Waals surface area contributed by atoms with Crippen molar-refractivity contribution in [1.82, 2.24) is 0 Å². The molecule has 7 heteroatoms. The van der Waals surface area contributed by atoms with Gasteiger partial charge in [0.15, 0.2) is 19.7 Å². The van der Waals surface area contributed by atoms with Crippen LogP contribution in [0.15, 0.2) is 62.0 Å². The topological polar surface area (TPSA) is 68.3 Å². The molecule has 0 saturated carbocycles. The largest absolute Gasteiger partial charge is 0.224 e. The van der Waals surface area contributed by atoms with Crippen molar-refractivity contribution in [1.29, 1.82) is 0 Å². The van der Waals surface area contributed by atoms with E-state index in [0.717, 1.165) is 23.0 Å². The molecule has 0 bridgehead atoms. The van der Waals surface area contributed by atoms with Crippen LogP contribution in [0.3, 0.4) is 0 Å². The van der Waals surface area contributed by atoms with Gasteiger partial charge in [-0.05, 0) is 36.8 Å². The van der Waals surface area contributed by atoms with Crippen molar-refractivity contribution in [3.8, 4) is 0 Å². The van der Waals surface area contributed by atoms with Gasteiger partial charge in [-0.1, -0.05) is 30.0 Å². The second-order valence-electron chi connectivity index (χ2n) is 5.02. The molecule has 0 N–H and O–H groups in total. The van der Waals surface area contributed by atoms with E-state index in [-0.39, 0.29) is 9.79 Å². The van der Waals surface area contributed by atoms with Crippen LogP contribution >= 0.6 is 11.8 Å². The van der Waals surface area contributed by atoms with E-state index in [4.69, 9.17) is 0 Å². The highest BCUT2D eigenvalue weighted by atomic mass is 32.2. The third-order valence-corrected chi connectivity index (χ3v) is 6.69. The molecule has 22 heavy (non-hydrogen) atoms. The molecule has 2 rings (SSSR count). The Balaban J connectivity index is 2.60. The number of hydrogen-bond donors (Lipinski definition) is 0. The summed E-state index contributed by atoms with van der Waals surface area (Å²) in [5.41, 5.74) is 1.03. The monoisotopic (exact) mass is 356 g/mol. The Morgan fingerprint density at radius 3 is 2.00 bits per heavy atom. The first-order valence-electron chi connectivity index (χ1n) is 6.37. The van der Waals surface area contributed by atoms with Crippen molar-refractivity contribution in [2.75, 3.05) is 12.5 Å². The maximum absolute atomic E-state index is 12.0. The first-order chi connectivity index (χ1) is 10.1. The second kappa shape index (κ2) is 6.06. The molecule has 0 saturated heterocycles. The summed E-state index contributed by atoms with van der Waals surface area (Å²) >= 11 is 1.31. The molecular weight excluding hydrogens is 340 g/mol. The molecule has 2 aromatic carbocycles. The average Bonchev–Trinajstić information content (AvgIpc) is 2.39. The molecule has 0 radical (unpaired) electrons. The number of benzene rings is 2. The van der Waals surface area contributed by atoms with Crippen LogP contribution in [0.25, 0.3) is 0 Å². The zero-order chi connectivity index (χ0) is 16.5. The summed E-state index contributed by atoms with van der Waals surface area (Å²) in [5, 5.41) is 0. The minimum absolute atomic E-state index is 0.00191. The van der Waals surface area contributed by atoms with Crippen molar-refractivity contribution in [2.24, 2.45) is 0 Å². The molecule has 0 aliphatic rings. The fraction of sp³-hybridized carbons (Fsp3) is 0.200. The molecule has 0 atom stereocenters. The summed E-state index contributed by atoms with van der Waals surface area (Å²) in [6, 6.07) is 11.8. The standard InChI is InChI=1S/C15H16O4S3/c1-11-6-4-5-7-13(11)20-14-9-8-12(21(2,16)17)10-15(14)22(3,18)19/h4-10H,1-3H3. The Bertz CT molecular complexity index is 914. The Kier molecular flexibility index (Phi) is 4.70. The SMILES string of the molecule is Cc1ccccc1Sc1ccc(S(C)(=O)=O)cc1S(C)(=O)=O. The minimum Gasteiger partial charge on any atom is -0.224 e. The maximum atomic E-state index is 12.0. The van der Waals surface area contributed by atoms with Gasteiger partial charge in [0, 0.05) is 22.3 Å². The molecule has 0 fully saturated rings. The van der Waals surface area contributed by atoms with Crippen LogP contribution in [0.5, 0.6) is 0 Å². The van der Waals surface area contributed by atoms with Crippen LogP contribution in [0.4, 0.5) is 0 Å². The molecule has 4 nitrogen and oxygen atoms in total. The predicted molar refractivity (Wildman–Crippen MR) is 88.0 cm³/mol. The highest BCUT2D eigenvalue weighted by Gasteiger charge is 2.18. The first-order valence-corrected chi connectivity index (χ1v) is 11.0. The van der Waals surface area contributed by atoms with Crippen molar-refractivity contribution in [2.45, 2.75) is 26.5 Å². The molecular formula is C15H16O4S3. The van der Waals surface area contributed by atoms with Gasteiger partial charge in [0.05, 0.1) is 9.79 Å². The van der Waals surface area contributed by atoms with E-state index in [0.29, 0.717) is 4.90 Å². The molecule has 0 amide bonds. The molecule has 0 aliphatic heterocycles. The highest BCUT2D eigenvalue weighted by Crippen LogP contribution is 2.35. The fourth-order valence-corrected chi connectivity index (χ4v) is 4.87. The fourth-order valence-electron chi connectivity index (χ4n) is 1.88. The smallest absolute Gasteiger partial charge is 0.176 e. The number of rotatable bonds is 4. The lowest BCUT2D eigenvalue weighted by Gasteiger charge is -2.11. The Hall–Kier alpha value is -1.31. The quantitative estimate of drug-likeness (QED) is 0.842. The molecule has 0 heterocycles. The minimum atomic E-state index is -3.53. The Morgan fingerprint density at radius 2 is 1.45 bits per heavy atom. The van der Waals surface area contributed by atoms with E-state index in [1.54, 1.807) is 6.07 Å². The molecule has 0 unspecified atom stereocenters. The van der Waals surface area contributed by atoms with E-state index >= 15 is 0 Å². The highest BCUT2D eigenvalue weighted by molar-refractivity contribution is 8.00. The third kappa shape index (κ3) is 3.91. The first kappa shape index (κ1) is 17.1. The van der Waals surface area contributed by atoms with Crippen LogP contribution < -0.4 is 0 Å². The van der Waals surface area contributed by atoms with Crippen molar-refractivity contribution < 1.29 is 16.8 Å². The number of aryl methyl sites for hydroxylation is 1. The van der Waals surface area contributed by atoms with Gasteiger partial charge in [-0.2, -0.15) is 0 Å². The van der Waals surface area contributed by atoms with Gasteiger partial charge in [-0.15, -0.1) is 0 Å². The van der Waals surface area contributed by atoms with Gasteiger partial charge >= 0.3 is 0 Å². The van der Waals surface area contributed by atoms with Gasteiger partial charge in [-0.25, -0.2) is 16.8 Å². The van der Waals surface area contributed by atoms with E-state index in [1.807, 2.05) is 31.2 Å². The lowest BCUT2D eigenvalue weighted by Crippen LogP contribution is -2.04. The Morgan fingerprint density at radius 1 is 0.818 bits per heavy atom. The molecule has 118 valence electrons. The molecule has 0 spiro atoms. The van der Waals surface area contributed by atoms with Crippen molar-refractivity contribution >= 4 is 31.4 Å². The van der Waals surface area contributed by atoms with Crippen molar-refractivity contribution in [3.63, 3.8) is 0 Å². The average molecular weight is 356 g/mol. The zero-order valence-corrected chi connectivity index (χ0v) is 14.8. The lowest BCUT2D eigenvalue weighted by molar-refractivity contribution is 0.598. The summed E-state index contributed by atoms with van der Waals surface area (Å²) in [6.45, 7) is 1.94. The predicted octanol–water partition coefficient (Wildman–Crippen LogP) is 2.95. The molecule has 0 aromatic heterocycles. The van der Waals surface area contributed by atoms with Gasteiger partial charge in [0.2, 0.25) is 0 Å². The van der Waals surface area contributed by atoms with Crippen LogP contribution in [0.1, 0.15) is 5.56 Å². The van der Waals surface area contributed by atoms with Gasteiger partial charge in [0.1, 0.15) is 0 Å². The van der Waals surface area contributed by atoms with Crippen LogP contribution in [-0.2, 0) is 19.7 Å². The molecule has 2 aromatic rings. The van der Waals surface area contributed by atoms with Crippen LogP contribution in [-0.4, -0.2) is 29.3 Å². The summed E-state index contributed by atoms with van der Waals surface area (Å²) in [5.74, 6) is 0. The van der Waals surface area contributed by atoms with Crippen LogP contribution in [0, 0.1) is 6.92 Å². The second-order valence-corrected chi connectivity index (χ2v) is 10.1. The summed E-state index contributed by atoms with van der Waals surface area (Å²) in [6.07, 6.45) is 2.14. The summed E-state index contributed by atoms with van der Waals surface area (Å²) in [7, 11) is -6.99. The molecule has 0 aliphatic carbocycles. The van der Waals surface area contributed by atoms with Crippen molar-refractivity contribution in [3.05, 3.63) is 48.0 Å².